The zero-order valence-electron chi connectivity index (χ0n) is 16.3. The van der Waals surface area contributed by atoms with Gasteiger partial charge in [-0.05, 0) is 27.7 Å². The number of nitrogens with zero attached hydrogens (tertiary/aromatic N) is 3. The number of carbonyl (C=O) groups is 1. The molecule has 0 radical (unpaired) electrons. The number of benzene rings is 1. The first kappa shape index (κ1) is 21.2. The highest BCUT2D eigenvalue weighted by Gasteiger charge is 2.29. The summed E-state index contributed by atoms with van der Waals surface area (Å²) in [5.74, 6) is -0.318. The van der Waals surface area contributed by atoms with Gasteiger partial charge < -0.3 is 4.74 Å². The fraction of sp³-hybridized carbons (Fsp3) is 0.238. The minimum Gasteiger partial charge on any atom is -0.423 e. The Balaban J connectivity index is 2.15. The van der Waals surface area contributed by atoms with E-state index in [1.807, 2.05) is 30.3 Å². The van der Waals surface area contributed by atoms with Crippen molar-refractivity contribution in [2.45, 2.75) is 27.7 Å². The number of esters is 1. The van der Waals surface area contributed by atoms with Crippen LogP contribution in [0, 0.1) is 23.7 Å². The zero-order valence-corrected chi connectivity index (χ0v) is 18.7. The molecule has 0 amide bonds. The number of aryl methyl sites for hydroxylation is 1. The van der Waals surface area contributed by atoms with Gasteiger partial charge in [0.1, 0.15) is 16.6 Å². The third kappa shape index (κ3) is 4.73. The third-order valence-corrected chi connectivity index (χ3v) is 6.06. The van der Waals surface area contributed by atoms with Gasteiger partial charge in [0.2, 0.25) is 0 Å². The van der Waals surface area contributed by atoms with Gasteiger partial charge in [-0.1, -0.05) is 53.3 Å². The van der Waals surface area contributed by atoms with Gasteiger partial charge in [0, 0.05) is 10.9 Å². The number of hydrogen-bond donors (Lipinski definition) is 0. The minimum absolute atomic E-state index is 0.138. The predicted octanol–water partition coefficient (Wildman–Crippen LogP) is 6.21. The topological polar surface area (TPSA) is 75.9 Å². The lowest BCUT2D eigenvalue weighted by atomic mass is 9.97. The number of rotatable bonds is 4. The number of carbonyl (C=O) groups excluding carboxylic acids is 1. The number of hydrogen-bond acceptors (Lipinski definition) is 7. The molecule has 0 unspecified atom stereocenters. The number of ether oxygens (including phenoxy) is 1. The third-order valence-electron chi connectivity index (χ3n) is 3.90. The normalized spacial score (nSPS) is 12.3. The van der Waals surface area contributed by atoms with Crippen LogP contribution in [0.15, 0.2) is 35.7 Å². The van der Waals surface area contributed by atoms with E-state index in [0.29, 0.717) is 20.7 Å². The Morgan fingerprint density at radius 3 is 2.45 bits per heavy atom. The fourth-order valence-corrected chi connectivity index (χ4v) is 4.31. The van der Waals surface area contributed by atoms with E-state index in [2.05, 4.69) is 16.0 Å². The second-order valence-corrected chi connectivity index (χ2v) is 9.68. The summed E-state index contributed by atoms with van der Waals surface area (Å²) in [6.07, 6.45) is 0. The van der Waals surface area contributed by atoms with Crippen LogP contribution in [-0.4, -0.2) is 15.9 Å². The molecule has 0 aliphatic rings. The summed E-state index contributed by atoms with van der Waals surface area (Å²) in [7, 11) is 0. The lowest BCUT2D eigenvalue weighted by Crippen LogP contribution is -2.22. The molecule has 5 nitrogen and oxygen atoms in total. The van der Waals surface area contributed by atoms with Crippen molar-refractivity contribution in [3.63, 3.8) is 0 Å². The molecule has 2 heterocycles. The molecule has 3 aromatic rings. The first-order chi connectivity index (χ1) is 13.7. The lowest BCUT2D eigenvalue weighted by Gasteiger charge is -2.18. The van der Waals surface area contributed by atoms with Crippen molar-refractivity contribution >= 4 is 51.6 Å². The van der Waals surface area contributed by atoms with Crippen molar-refractivity contribution < 1.29 is 9.53 Å². The molecule has 1 aromatic carbocycles. The summed E-state index contributed by atoms with van der Waals surface area (Å²) >= 11 is 8.64. The van der Waals surface area contributed by atoms with Gasteiger partial charge in [-0.25, -0.2) is 9.97 Å². The van der Waals surface area contributed by atoms with E-state index in [-0.39, 0.29) is 11.3 Å². The quantitative estimate of drug-likeness (QED) is 0.272. The van der Waals surface area contributed by atoms with Crippen molar-refractivity contribution in [2.75, 3.05) is 0 Å². The van der Waals surface area contributed by atoms with Crippen molar-refractivity contribution in [1.82, 2.24) is 9.97 Å². The molecule has 0 fully saturated rings. The Labute approximate surface area is 182 Å². The number of aromatic nitrogens is 2. The Morgan fingerprint density at radius 1 is 1.21 bits per heavy atom. The largest absolute Gasteiger partial charge is 0.423 e. The molecule has 2 aromatic heterocycles. The predicted molar refractivity (Wildman–Crippen MR) is 117 cm³/mol. The van der Waals surface area contributed by atoms with Crippen molar-refractivity contribution in [3.8, 4) is 16.6 Å². The van der Waals surface area contributed by atoms with Gasteiger partial charge in [-0.3, -0.25) is 4.79 Å². The number of nitriles is 1. The second-order valence-electron chi connectivity index (χ2n) is 7.24. The van der Waals surface area contributed by atoms with Gasteiger partial charge in [0.25, 0.3) is 0 Å². The van der Waals surface area contributed by atoms with E-state index < -0.39 is 11.4 Å². The van der Waals surface area contributed by atoms with E-state index in [1.165, 1.54) is 11.3 Å². The maximum absolute atomic E-state index is 12.6. The van der Waals surface area contributed by atoms with E-state index in [0.717, 1.165) is 21.9 Å². The molecule has 0 atom stereocenters. The Morgan fingerprint density at radius 2 is 1.90 bits per heavy atom. The molecule has 0 saturated heterocycles. The van der Waals surface area contributed by atoms with E-state index in [9.17, 15) is 10.1 Å². The molecule has 29 heavy (non-hydrogen) atoms. The van der Waals surface area contributed by atoms with Crippen LogP contribution in [0.25, 0.3) is 21.9 Å². The molecule has 0 saturated carbocycles. The van der Waals surface area contributed by atoms with Gasteiger partial charge in [0.05, 0.1) is 21.7 Å². The average Bonchev–Trinajstić information content (AvgIpc) is 3.28. The molecule has 148 valence electrons. The van der Waals surface area contributed by atoms with E-state index in [1.54, 1.807) is 33.1 Å². The van der Waals surface area contributed by atoms with Gasteiger partial charge >= 0.3 is 5.97 Å². The summed E-state index contributed by atoms with van der Waals surface area (Å²) in [4.78, 5) is 22.0. The molecule has 0 N–H and O–H groups in total. The van der Waals surface area contributed by atoms with Crippen LogP contribution in [0.5, 0.6) is 0 Å². The first-order valence-corrected chi connectivity index (χ1v) is 10.8. The summed E-state index contributed by atoms with van der Waals surface area (Å²) in [5, 5.41) is 12.5. The number of thiazole rings is 2. The molecule has 8 heteroatoms. The minimum atomic E-state index is -0.745. The van der Waals surface area contributed by atoms with E-state index in [4.69, 9.17) is 16.3 Å². The maximum atomic E-state index is 12.6. The van der Waals surface area contributed by atoms with Crippen LogP contribution < -0.4 is 0 Å². The SMILES string of the molecule is Cc1nc(Cl)sc1/C(OC(=O)C(C)(C)C)=C(\C#N)c1csc(-c2ccccc2)n1. The molecule has 3 rings (SSSR count). The number of halogens is 1. The molecule has 0 spiro atoms. The Kier molecular flexibility index (Phi) is 6.18. The zero-order chi connectivity index (χ0) is 21.2. The van der Waals surface area contributed by atoms with Gasteiger partial charge in [-0.15, -0.1) is 11.3 Å². The first-order valence-electron chi connectivity index (χ1n) is 8.72. The fourth-order valence-electron chi connectivity index (χ4n) is 2.36. The summed E-state index contributed by atoms with van der Waals surface area (Å²) in [6, 6.07) is 11.8. The maximum Gasteiger partial charge on any atom is 0.316 e. The lowest BCUT2D eigenvalue weighted by molar-refractivity contribution is -0.145. The monoisotopic (exact) mass is 443 g/mol. The smallest absolute Gasteiger partial charge is 0.316 e. The summed E-state index contributed by atoms with van der Waals surface area (Å²) in [5.41, 5.74) is 1.40. The van der Waals surface area contributed by atoms with Gasteiger partial charge in [-0.2, -0.15) is 5.26 Å². The summed E-state index contributed by atoms with van der Waals surface area (Å²) < 4.78 is 6.02. The van der Waals surface area contributed by atoms with Gasteiger partial charge in [0.15, 0.2) is 10.2 Å². The van der Waals surface area contributed by atoms with Crippen LogP contribution in [0.4, 0.5) is 0 Å². The molecule has 0 bridgehead atoms. The summed E-state index contributed by atoms with van der Waals surface area (Å²) in [6.45, 7) is 7.01. The number of allylic oxidation sites excluding steroid dienone is 1. The van der Waals surface area contributed by atoms with E-state index >= 15 is 0 Å². The molecule has 0 aliphatic carbocycles. The van der Waals surface area contributed by atoms with Crippen LogP contribution in [0.1, 0.15) is 37.0 Å². The Hall–Kier alpha value is -2.53. The Bertz CT molecular complexity index is 1120. The van der Waals surface area contributed by atoms with Crippen LogP contribution in [0.2, 0.25) is 4.47 Å². The van der Waals surface area contributed by atoms with Crippen molar-refractivity contribution in [3.05, 3.63) is 56.4 Å². The van der Waals surface area contributed by atoms with Crippen molar-refractivity contribution in [2.24, 2.45) is 5.41 Å². The van der Waals surface area contributed by atoms with Crippen LogP contribution in [0.3, 0.4) is 0 Å². The molecule has 0 aliphatic heterocycles. The van der Waals surface area contributed by atoms with Crippen LogP contribution in [-0.2, 0) is 9.53 Å². The van der Waals surface area contributed by atoms with Crippen molar-refractivity contribution in [1.29, 1.82) is 5.26 Å². The average molecular weight is 444 g/mol. The highest BCUT2D eigenvalue weighted by atomic mass is 35.5. The highest BCUT2D eigenvalue weighted by molar-refractivity contribution is 7.17. The standard InChI is InChI=1S/C21H18ClN3O2S2/c1-12-17(29-20(22)24-12)16(27-19(26)21(2,3)4)14(10-23)15-11-28-18(25-15)13-8-6-5-7-9-13/h5-9,11H,1-4H3/b16-14-. The van der Waals surface area contributed by atoms with Crippen LogP contribution >= 0.6 is 34.3 Å². The highest BCUT2D eigenvalue weighted by Crippen LogP contribution is 2.37. The second kappa shape index (κ2) is 8.46. The molecular weight excluding hydrogens is 426 g/mol. The molecular formula is C21H18ClN3O2S2.